The van der Waals surface area contributed by atoms with E-state index < -0.39 is 41.8 Å². The zero-order chi connectivity index (χ0) is 28.5. The zero-order valence-corrected chi connectivity index (χ0v) is 23.9. The maximum absolute atomic E-state index is 13.5. The summed E-state index contributed by atoms with van der Waals surface area (Å²) >= 11 is 1.13. The summed E-state index contributed by atoms with van der Waals surface area (Å²) in [6.45, 7) is 11.0. The minimum Gasteiger partial charge on any atom is -0.497 e. The molecule has 1 aromatic heterocycles. The number of carbonyl (C=O) groups is 3. The molecule has 0 radical (unpaired) electrons. The third-order valence-electron chi connectivity index (χ3n) is 5.75. The summed E-state index contributed by atoms with van der Waals surface area (Å²) in [4.78, 5) is 42.2. The van der Waals surface area contributed by atoms with Crippen LogP contribution in [0.4, 0.5) is 4.79 Å². The number of aromatic nitrogens is 1. The molecule has 38 heavy (non-hydrogen) atoms. The van der Waals surface area contributed by atoms with Gasteiger partial charge in [-0.3, -0.25) is 4.79 Å². The number of thiazole rings is 1. The number of ether oxygens (including phenoxy) is 3. The first kappa shape index (κ1) is 31.0. The molecule has 2 amide bonds. The molecule has 2 rings (SSSR count). The lowest BCUT2D eigenvalue weighted by Gasteiger charge is -2.29. The number of carbonyl (C=O) groups excluding carboxylic acids is 3. The van der Waals surface area contributed by atoms with E-state index in [4.69, 9.17) is 14.2 Å². The predicted octanol–water partition coefficient (Wildman–Crippen LogP) is 4.55. The molecule has 0 saturated heterocycles. The number of rotatable bonds is 12. The summed E-state index contributed by atoms with van der Waals surface area (Å²) in [5, 5.41) is 18.5. The number of nitrogens with one attached hydrogen (secondary N) is 2. The van der Waals surface area contributed by atoms with Crippen LogP contribution in [-0.4, -0.2) is 53.4 Å². The van der Waals surface area contributed by atoms with Crippen LogP contribution in [0, 0.1) is 5.92 Å². The van der Waals surface area contributed by atoms with Crippen molar-refractivity contribution in [3.63, 3.8) is 0 Å². The number of methoxy groups -OCH3 is 1. The van der Waals surface area contributed by atoms with Gasteiger partial charge < -0.3 is 30.0 Å². The van der Waals surface area contributed by atoms with Gasteiger partial charge in [0, 0.05) is 11.8 Å². The third-order valence-corrected chi connectivity index (χ3v) is 6.70. The molecule has 0 aliphatic rings. The molecule has 3 N–H and O–H groups in total. The van der Waals surface area contributed by atoms with Crippen LogP contribution in [0.3, 0.4) is 0 Å². The minimum atomic E-state index is -1.07. The summed E-state index contributed by atoms with van der Waals surface area (Å²) in [6, 6.07) is 5.61. The normalized spacial score (nSPS) is 14.5. The SMILES string of the molecule is CCOC(=O)c1csc([C@H](O)C[C@@H](NC(=O)[C@@H](NC(=O)OC(C)(C)C)[C@H](C)CC)c2ccc(OC)cc2)n1. The highest BCUT2D eigenvalue weighted by atomic mass is 32.1. The van der Waals surface area contributed by atoms with Gasteiger partial charge in [-0.2, -0.15) is 0 Å². The molecule has 0 aliphatic heterocycles. The number of benzene rings is 1. The van der Waals surface area contributed by atoms with E-state index in [9.17, 15) is 19.5 Å². The summed E-state index contributed by atoms with van der Waals surface area (Å²) in [6.07, 6.45) is -1.04. The van der Waals surface area contributed by atoms with E-state index in [1.54, 1.807) is 59.1 Å². The van der Waals surface area contributed by atoms with Crippen molar-refractivity contribution in [2.24, 2.45) is 5.92 Å². The molecule has 10 nitrogen and oxygen atoms in total. The number of alkyl carbamates (subject to hydrolysis) is 1. The van der Waals surface area contributed by atoms with Crippen molar-refractivity contribution in [3.8, 4) is 5.75 Å². The van der Waals surface area contributed by atoms with E-state index >= 15 is 0 Å². The molecular weight excluding hydrogens is 510 g/mol. The lowest BCUT2D eigenvalue weighted by molar-refractivity contribution is -0.125. The number of esters is 1. The van der Waals surface area contributed by atoms with E-state index in [0.29, 0.717) is 17.2 Å². The molecule has 0 saturated carbocycles. The van der Waals surface area contributed by atoms with E-state index in [2.05, 4.69) is 15.6 Å². The summed E-state index contributed by atoms with van der Waals surface area (Å²) < 4.78 is 15.6. The average molecular weight is 550 g/mol. The molecule has 210 valence electrons. The topological polar surface area (TPSA) is 136 Å². The molecule has 0 fully saturated rings. The Hall–Kier alpha value is -3.18. The first-order valence-electron chi connectivity index (χ1n) is 12.6. The Morgan fingerprint density at radius 2 is 1.76 bits per heavy atom. The Balaban J connectivity index is 2.29. The molecule has 0 aliphatic carbocycles. The van der Waals surface area contributed by atoms with Crippen LogP contribution in [0.25, 0.3) is 0 Å². The number of aliphatic hydroxyl groups excluding tert-OH is 1. The van der Waals surface area contributed by atoms with Gasteiger partial charge >= 0.3 is 12.1 Å². The summed E-state index contributed by atoms with van der Waals surface area (Å²) in [5.74, 6) is -0.520. The molecule has 2 aromatic rings. The molecule has 0 spiro atoms. The Morgan fingerprint density at radius 1 is 1.11 bits per heavy atom. The van der Waals surface area contributed by atoms with Gasteiger partial charge in [0.1, 0.15) is 28.5 Å². The minimum absolute atomic E-state index is 0.0769. The number of hydrogen-bond acceptors (Lipinski definition) is 9. The van der Waals surface area contributed by atoms with Crippen molar-refractivity contribution < 1.29 is 33.7 Å². The van der Waals surface area contributed by atoms with Crippen LogP contribution >= 0.6 is 11.3 Å². The van der Waals surface area contributed by atoms with Gasteiger partial charge in [-0.25, -0.2) is 14.6 Å². The van der Waals surface area contributed by atoms with Crippen LogP contribution < -0.4 is 15.4 Å². The standard InChI is InChI=1S/C27H39N3O7S/c1-8-16(3)22(30-26(34)37-27(4,5)6)23(32)28-19(17-10-12-18(35-7)13-11-17)14-21(31)24-29-20(15-38-24)25(33)36-9-2/h10-13,15-16,19,21-22,31H,8-9,14H2,1-7H3,(H,28,32)(H,30,34)/t16-,19-,21-,22+/m1/s1. The zero-order valence-electron chi connectivity index (χ0n) is 23.1. The molecule has 0 unspecified atom stereocenters. The fraction of sp³-hybridized carbons (Fsp3) is 0.556. The van der Waals surface area contributed by atoms with Crippen LogP contribution in [0.15, 0.2) is 29.6 Å². The second-order valence-corrected chi connectivity index (χ2v) is 10.8. The molecule has 1 aromatic carbocycles. The predicted molar refractivity (Wildman–Crippen MR) is 144 cm³/mol. The number of aliphatic hydroxyl groups is 1. The van der Waals surface area contributed by atoms with Crippen molar-refractivity contribution in [1.29, 1.82) is 0 Å². The summed E-state index contributed by atoms with van der Waals surface area (Å²) in [7, 11) is 1.56. The maximum atomic E-state index is 13.5. The number of hydrogen-bond donors (Lipinski definition) is 3. The molecule has 1 heterocycles. The van der Waals surface area contributed by atoms with Crippen molar-refractivity contribution in [2.45, 2.75) is 78.2 Å². The second-order valence-electron chi connectivity index (χ2n) is 9.89. The lowest BCUT2D eigenvalue weighted by Crippen LogP contribution is -2.52. The molecule has 0 bridgehead atoms. The highest BCUT2D eigenvalue weighted by Crippen LogP contribution is 2.30. The summed E-state index contributed by atoms with van der Waals surface area (Å²) in [5.41, 5.74) is 0.127. The fourth-order valence-corrected chi connectivity index (χ4v) is 4.36. The Kier molecular flexibility index (Phi) is 11.5. The fourth-order valence-electron chi connectivity index (χ4n) is 3.58. The van der Waals surface area contributed by atoms with Crippen molar-refractivity contribution >= 4 is 29.3 Å². The Bertz CT molecular complexity index is 1070. The van der Waals surface area contributed by atoms with Crippen molar-refractivity contribution in [3.05, 3.63) is 45.9 Å². The Labute approximate surface area is 228 Å². The maximum Gasteiger partial charge on any atom is 0.408 e. The first-order valence-corrected chi connectivity index (χ1v) is 13.5. The smallest absolute Gasteiger partial charge is 0.408 e. The molecular formula is C27H39N3O7S. The lowest BCUT2D eigenvalue weighted by atomic mass is 9.96. The largest absolute Gasteiger partial charge is 0.497 e. The van der Waals surface area contributed by atoms with Crippen LogP contribution in [0.5, 0.6) is 5.75 Å². The van der Waals surface area contributed by atoms with Gasteiger partial charge in [0.2, 0.25) is 5.91 Å². The highest BCUT2D eigenvalue weighted by Gasteiger charge is 2.31. The van der Waals surface area contributed by atoms with Gasteiger partial charge in [-0.05, 0) is 51.3 Å². The van der Waals surface area contributed by atoms with Gasteiger partial charge in [0.05, 0.1) is 19.8 Å². The monoisotopic (exact) mass is 549 g/mol. The van der Waals surface area contributed by atoms with E-state index in [1.807, 2.05) is 13.8 Å². The third kappa shape index (κ3) is 9.29. The van der Waals surface area contributed by atoms with Crippen molar-refractivity contribution in [2.75, 3.05) is 13.7 Å². The average Bonchev–Trinajstić information content (AvgIpc) is 3.36. The number of nitrogens with zero attached hydrogens (tertiary/aromatic N) is 1. The highest BCUT2D eigenvalue weighted by molar-refractivity contribution is 7.09. The van der Waals surface area contributed by atoms with E-state index in [0.717, 1.165) is 16.9 Å². The number of amides is 2. The van der Waals surface area contributed by atoms with Crippen LogP contribution in [-0.2, 0) is 14.3 Å². The Morgan fingerprint density at radius 3 is 2.32 bits per heavy atom. The van der Waals surface area contributed by atoms with Crippen molar-refractivity contribution in [1.82, 2.24) is 15.6 Å². The first-order chi connectivity index (χ1) is 17.9. The van der Waals surface area contributed by atoms with Crippen LogP contribution in [0.1, 0.15) is 87.6 Å². The molecule has 4 atom stereocenters. The van der Waals surface area contributed by atoms with Gasteiger partial charge in [-0.1, -0.05) is 32.4 Å². The quantitative estimate of drug-likeness (QED) is 0.328. The van der Waals surface area contributed by atoms with Gasteiger partial charge in [-0.15, -0.1) is 11.3 Å². The molecule has 11 heteroatoms. The second kappa shape index (κ2) is 14.1. The van der Waals surface area contributed by atoms with Gasteiger partial charge in [0.15, 0.2) is 5.69 Å². The van der Waals surface area contributed by atoms with Crippen LogP contribution in [0.2, 0.25) is 0 Å². The van der Waals surface area contributed by atoms with E-state index in [1.165, 1.54) is 5.38 Å². The van der Waals surface area contributed by atoms with E-state index in [-0.39, 0.29) is 24.6 Å². The van der Waals surface area contributed by atoms with Gasteiger partial charge in [0.25, 0.3) is 0 Å².